The van der Waals surface area contributed by atoms with E-state index in [0.29, 0.717) is 0 Å². The molecule has 0 radical (unpaired) electrons. The first-order valence-corrected chi connectivity index (χ1v) is 4.29. The number of carbonyl (C=O) groups excluding carboxylic acids is 1. The Morgan fingerprint density at radius 1 is 1.46 bits per heavy atom. The molecule has 0 aliphatic rings. The molecule has 6 heteroatoms. The van der Waals surface area contributed by atoms with E-state index in [1.807, 2.05) is 0 Å². The quantitative estimate of drug-likeness (QED) is 0.560. The van der Waals surface area contributed by atoms with Gasteiger partial charge in [-0.05, 0) is 0 Å². The molecule has 3 nitrogen and oxygen atoms in total. The van der Waals surface area contributed by atoms with E-state index in [1.54, 1.807) is 0 Å². The smallest absolute Gasteiger partial charge is 0.341 e. The molecule has 1 aromatic heterocycles. The van der Waals surface area contributed by atoms with Crippen LogP contribution in [-0.4, -0.2) is 18.1 Å². The zero-order valence-corrected chi connectivity index (χ0v) is 8.74. The van der Waals surface area contributed by atoms with Crippen molar-refractivity contribution in [2.45, 2.75) is 0 Å². The van der Waals surface area contributed by atoms with E-state index in [4.69, 9.17) is 34.8 Å². The maximum absolute atomic E-state index is 11.1. The molecule has 0 saturated heterocycles. The number of rotatable bonds is 1. The molecule has 1 aromatic rings. The molecule has 0 fully saturated rings. The first-order chi connectivity index (χ1) is 6.07. The Hall–Kier alpha value is -0.510. The molecule has 0 amide bonds. The van der Waals surface area contributed by atoms with E-state index in [9.17, 15) is 4.79 Å². The van der Waals surface area contributed by atoms with Crippen molar-refractivity contribution in [1.82, 2.24) is 4.98 Å². The van der Waals surface area contributed by atoms with Gasteiger partial charge < -0.3 is 4.74 Å². The highest BCUT2D eigenvalue weighted by molar-refractivity contribution is 6.45. The van der Waals surface area contributed by atoms with Gasteiger partial charge in [-0.25, -0.2) is 9.78 Å². The lowest BCUT2D eigenvalue weighted by Crippen LogP contribution is -2.04. The number of hydrogen-bond donors (Lipinski definition) is 0. The van der Waals surface area contributed by atoms with Crippen molar-refractivity contribution < 1.29 is 9.53 Å². The standard InChI is InChI=1S/C7H4Cl3NO2/c1-13-7(12)4-3(8)2-11-6(10)5(4)9/h2H,1H3. The third-order valence-electron chi connectivity index (χ3n) is 1.32. The van der Waals surface area contributed by atoms with Gasteiger partial charge in [-0.1, -0.05) is 34.8 Å². The van der Waals surface area contributed by atoms with Gasteiger partial charge in [0, 0.05) is 6.20 Å². The number of carbonyl (C=O) groups is 1. The first-order valence-electron chi connectivity index (χ1n) is 3.15. The van der Waals surface area contributed by atoms with Crippen LogP contribution in [-0.2, 0) is 4.74 Å². The summed E-state index contributed by atoms with van der Waals surface area (Å²) in [4.78, 5) is 14.8. The predicted molar refractivity (Wildman–Crippen MR) is 50.6 cm³/mol. The molecule has 0 N–H and O–H groups in total. The number of esters is 1. The molecule has 0 aliphatic heterocycles. The molecule has 1 rings (SSSR count). The van der Waals surface area contributed by atoms with Crippen LogP contribution in [0, 0.1) is 0 Å². The summed E-state index contributed by atoms with van der Waals surface area (Å²) < 4.78 is 4.46. The van der Waals surface area contributed by atoms with Crippen molar-refractivity contribution in [1.29, 1.82) is 0 Å². The van der Waals surface area contributed by atoms with Crippen LogP contribution in [0.4, 0.5) is 0 Å². The fraction of sp³-hybridized carbons (Fsp3) is 0.143. The van der Waals surface area contributed by atoms with Crippen LogP contribution in [0.5, 0.6) is 0 Å². The summed E-state index contributed by atoms with van der Waals surface area (Å²) in [5.74, 6) is -0.640. The molecule has 1 heterocycles. The van der Waals surface area contributed by atoms with Crippen LogP contribution >= 0.6 is 34.8 Å². The molecular formula is C7H4Cl3NO2. The van der Waals surface area contributed by atoms with Crippen LogP contribution in [0.1, 0.15) is 10.4 Å². The molecule has 13 heavy (non-hydrogen) atoms. The number of halogens is 3. The zero-order valence-electron chi connectivity index (χ0n) is 6.47. The summed E-state index contributed by atoms with van der Waals surface area (Å²) in [5.41, 5.74) is 0.0332. The van der Waals surface area contributed by atoms with E-state index < -0.39 is 5.97 Å². The third kappa shape index (κ3) is 2.05. The van der Waals surface area contributed by atoms with Gasteiger partial charge in [0.2, 0.25) is 0 Å². The van der Waals surface area contributed by atoms with Crippen molar-refractivity contribution in [3.05, 3.63) is 27.0 Å². The van der Waals surface area contributed by atoms with Gasteiger partial charge in [0.25, 0.3) is 0 Å². The van der Waals surface area contributed by atoms with Crippen molar-refractivity contribution in [3.8, 4) is 0 Å². The Morgan fingerprint density at radius 2 is 2.08 bits per heavy atom. The Kier molecular flexibility index (Phi) is 3.36. The van der Waals surface area contributed by atoms with E-state index in [0.717, 1.165) is 0 Å². The van der Waals surface area contributed by atoms with Gasteiger partial charge >= 0.3 is 5.97 Å². The normalized spacial score (nSPS) is 9.85. The molecule has 0 saturated carbocycles. The second kappa shape index (κ2) is 4.13. The van der Waals surface area contributed by atoms with Crippen molar-refractivity contribution in [2.75, 3.05) is 7.11 Å². The molecule has 0 aliphatic carbocycles. The number of ether oxygens (including phenoxy) is 1. The first kappa shape index (κ1) is 10.6. The summed E-state index contributed by atoms with van der Waals surface area (Å²) >= 11 is 16.9. The SMILES string of the molecule is COC(=O)c1c(Cl)cnc(Cl)c1Cl. The second-order valence-corrected chi connectivity index (χ2v) is 3.22. The molecule has 0 atom stereocenters. The number of pyridine rings is 1. The van der Waals surface area contributed by atoms with Crippen LogP contribution in [0.15, 0.2) is 6.20 Å². The van der Waals surface area contributed by atoms with Crippen molar-refractivity contribution >= 4 is 40.8 Å². The van der Waals surface area contributed by atoms with Crippen LogP contribution in [0.25, 0.3) is 0 Å². The predicted octanol–water partition coefficient (Wildman–Crippen LogP) is 2.83. The second-order valence-electron chi connectivity index (χ2n) is 2.08. The lowest BCUT2D eigenvalue weighted by Gasteiger charge is -2.04. The number of aromatic nitrogens is 1. The largest absolute Gasteiger partial charge is 0.465 e. The highest BCUT2D eigenvalue weighted by Crippen LogP contribution is 2.29. The van der Waals surface area contributed by atoms with Gasteiger partial charge in [-0.15, -0.1) is 0 Å². The molecule has 70 valence electrons. The maximum Gasteiger partial charge on any atom is 0.341 e. The van der Waals surface area contributed by atoms with Gasteiger partial charge in [0.15, 0.2) is 0 Å². The van der Waals surface area contributed by atoms with E-state index in [1.165, 1.54) is 13.3 Å². The molecule has 0 spiro atoms. The van der Waals surface area contributed by atoms with E-state index in [2.05, 4.69) is 9.72 Å². The van der Waals surface area contributed by atoms with E-state index >= 15 is 0 Å². The fourth-order valence-corrected chi connectivity index (χ4v) is 1.37. The maximum atomic E-state index is 11.1. The minimum absolute atomic E-state index is 0.000941. The van der Waals surface area contributed by atoms with Crippen molar-refractivity contribution in [2.24, 2.45) is 0 Å². The molecular weight excluding hydrogens is 236 g/mol. The van der Waals surface area contributed by atoms with Crippen LogP contribution in [0.3, 0.4) is 0 Å². The number of hydrogen-bond acceptors (Lipinski definition) is 3. The minimum atomic E-state index is -0.640. The van der Waals surface area contributed by atoms with Gasteiger partial charge in [0.05, 0.1) is 17.2 Å². The molecule has 0 unspecified atom stereocenters. The summed E-state index contributed by atoms with van der Waals surface area (Å²) in [6.45, 7) is 0. The van der Waals surface area contributed by atoms with E-state index in [-0.39, 0.29) is 20.8 Å². The lowest BCUT2D eigenvalue weighted by molar-refractivity contribution is 0.0601. The highest BCUT2D eigenvalue weighted by Gasteiger charge is 2.18. The summed E-state index contributed by atoms with van der Waals surface area (Å²) in [7, 11) is 1.23. The number of nitrogens with zero attached hydrogens (tertiary/aromatic N) is 1. The summed E-state index contributed by atoms with van der Waals surface area (Å²) in [5, 5.41) is 0.133. The van der Waals surface area contributed by atoms with Crippen LogP contribution in [0.2, 0.25) is 15.2 Å². The summed E-state index contributed by atoms with van der Waals surface area (Å²) in [6.07, 6.45) is 1.24. The fourth-order valence-electron chi connectivity index (χ4n) is 0.732. The Bertz CT molecular complexity index is 354. The Labute approximate surface area is 89.6 Å². The average Bonchev–Trinajstić information content (AvgIpc) is 2.12. The lowest BCUT2D eigenvalue weighted by atomic mass is 10.3. The van der Waals surface area contributed by atoms with Crippen molar-refractivity contribution in [3.63, 3.8) is 0 Å². The third-order valence-corrected chi connectivity index (χ3v) is 2.36. The monoisotopic (exact) mass is 239 g/mol. The van der Waals surface area contributed by atoms with Crippen LogP contribution < -0.4 is 0 Å². The molecule has 0 bridgehead atoms. The minimum Gasteiger partial charge on any atom is -0.465 e. The molecule has 0 aromatic carbocycles. The number of methoxy groups -OCH3 is 1. The Balaban J connectivity index is 3.33. The van der Waals surface area contributed by atoms with Gasteiger partial charge in [-0.3, -0.25) is 0 Å². The zero-order chi connectivity index (χ0) is 10.0. The van der Waals surface area contributed by atoms with Gasteiger partial charge in [-0.2, -0.15) is 0 Å². The van der Waals surface area contributed by atoms with Gasteiger partial charge in [0.1, 0.15) is 10.7 Å². The average molecular weight is 240 g/mol. The highest BCUT2D eigenvalue weighted by atomic mass is 35.5. The summed E-state index contributed by atoms with van der Waals surface area (Å²) in [6, 6.07) is 0. The topological polar surface area (TPSA) is 39.2 Å². The Morgan fingerprint density at radius 3 is 2.62 bits per heavy atom.